The molecular formula is C17H18N2O3S. The van der Waals surface area contributed by atoms with Crippen LogP contribution < -0.4 is 20.1 Å². The minimum absolute atomic E-state index is 0.264. The molecular weight excluding hydrogens is 312 g/mol. The maximum Gasteiger partial charge on any atom is 0.257 e. The van der Waals surface area contributed by atoms with Crippen molar-refractivity contribution in [3.8, 4) is 11.5 Å². The van der Waals surface area contributed by atoms with Crippen LogP contribution in [0.5, 0.6) is 11.5 Å². The Morgan fingerprint density at radius 3 is 2.00 bits per heavy atom. The van der Waals surface area contributed by atoms with Crippen LogP contribution in [-0.4, -0.2) is 25.2 Å². The van der Waals surface area contributed by atoms with Gasteiger partial charge in [-0.25, -0.2) is 0 Å². The first kappa shape index (κ1) is 16.8. The third-order valence-electron chi connectivity index (χ3n) is 3.19. The van der Waals surface area contributed by atoms with E-state index in [1.165, 1.54) is 0 Å². The first-order valence-corrected chi connectivity index (χ1v) is 7.39. The number of hydrogen-bond donors (Lipinski definition) is 2. The van der Waals surface area contributed by atoms with Gasteiger partial charge in [0.15, 0.2) is 5.11 Å². The summed E-state index contributed by atoms with van der Waals surface area (Å²) in [5.74, 6) is 1.23. The van der Waals surface area contributed by atoms with Crippen molar-refractivity contribution in [3.05, 3.63) is 59.7 Å². The van der Waals surface area contributed by atoms with Gasteiger partial charge in [0.2, 0.25) is 0 Å². The van der Waals surface area contributed by atoms with Gasteiger partial charge in [0.25, 0.3) is 5.91 Å². The number of carbonyl (C=O) groups is 1. The molecule has 0 aliphatic heterocycles. The molecule has 0 saturated heterocycles. The topological polar surface area (TPSA) is 59.6 Å². The highest BCUT2D eigenvalue weighted by molar-refractivity contribution is 7.80. The van der Waals surface area contributed by atoms with Gasteiger partial charge in [0.1, 0.15) is 11.5 Å². The van der Waals surface area contributed by atoms with Crippen LogP contribution in [0.4, 0.5) is 0 Å². The molecule has 0 unspecified atom stereocenters. The van der Waals surface area contributed by atoms with Gasteiger partial charge in [-0.3, -0.25) is 10.1 Å². The van der Waals surface area contributed by atoms with E-state index in [0.29, 0.717) is 17.9 Å². The number of methoxy groups -OCH3 is 2. The minimum Gasteiger partial charge on any atom is -0.497 e. The van der Waals surface area contributed by atoms with Crippen molar-refractivity contribution in [1.29, 1.82) is 0 Å². The molecule has 0 aliphatic rings. The van der Waals surface area contributed by atoms with Gasteiger partial charge in [-0.1, -0.05) is 12.1 Å². The molecule has 2 aromatic rings. The average Bonchev–Trinajstić information content (AvgIpc) is 2.60. The number of rotatable bonds is 5. The van der Waals surface area contributed by atoms with Crippen molar-refractivity contribution in [2.45, 2.75) is 6.54 Å². The fourth-order valence-corrected chi connectivity index (χ4v) is 2.05. The van der Waals surface area contributed by atoms with Gasteiger partial charge in [-0.05, 0) is 54.2 Å². The second kappa shape index (κ2) is 8.14. The molecule has 0 aliphatic carbocycles. The average molecular weight is 330 g/mol. The second-order valence-corrected chi connectivity index (χ2v) is 5.12. The van der Waals surface area contributed by atoms with Crippen LogP contribution in [-0.2, 0) is 6.54 Å². The van der Waals surface area contributed by atoms with E-state index in [2.05, 4.69) is 10.6 Å². The van der Waals surface area contributed by atoms with Gasteiger partial charge in [0.05, 0.1) is 14.2 Å². The molecule has 0 atom stereocenters. The van der Waals surface area contributed by atoms with E-state index >= 15 is 0 Å². The van der Waals surface area contributed by atoms with E-state index in [1.807, 2.05) is 24.3 Å². The molecule has 0 heterocycles. The Kier molecular flexibility index (Phi) is 5.94. The molecule has 5 nitrogen and oxygen atoms in total. The number of benzene rings is 2. The molecule has 2 N–H and O–H groups in total. The van der Waals surface area contributed by atoms with Gasteiger partial charge < -0.3 is 14.8 Å². The lowest BCUT2D eigenvalue weighted by molar-refractivity contribution is 0.0976. The van der Waals surface area contributed by atoms with Crippen molar-refractivity contribution >= 4 is 23.2 Å². The molecule has 6 heteroatoms. The molecule has 0 saturated carbocycles. The summed E-state index contributed by atoms with van der Waals surface area (Å²) >= 11 is 5.13. The first-order chi connectivity index (χ1) is 11.1. The first-order valence-electron chi connectivity index (χ1n) is 6.98. The summed E-state index contributed by atoms with van der Waals surface area (Å²) in [5.41, 5.74) is 1.55. The summed E-state index contributed by atoms with van der Waals surface area (Å²) in [4.78, 5) is 12.1. The Balaban J connectivity index is 1.84. The number of hydrogen-bond acceptors (Lipinski definition) is 4. The Labute approximate surface area is 140 Å². The van der Waals surface area contributed by atoms with Crippen molar-refractivity contribution in [1.82, 2.24) is 10.6 Å². The van der Waals surface area contributed by atoms with Gasteiger partial charge in [0, 0.05) is 12.1 Å². The highest BCUT2D eigenvalue weighted by Crippen LogP contribution is 2.12. The van der Waals surface area contributed by atoms with Crippen LogP contribution in [0, 0.1) is 0 Å². The second-order valence-electron chi connectivity index (χ2n) is 4.71. The van der Waals surface area contributed by atoms with Crippen LogP contribution in [0.15, 0.2) is 48.5 Å². The van der Waals surface area contributed by atoms with Crippen LogP contribution >= 0.6 is 12.2 Å². The molecule has 0 fully saturated rings. The Hall–Kier alpha value is -2.60. The highest BCUT2D eigenvalue weighted by atomic mass is 32.1. The summed E-state index contributed by atoms with van der Waals surface area (Å²) < 4.78 is 10.2. The van der Waals surface area contributed by atoms with Crippen molar-refractivity contribution in [3.63, 3.8) is 0 Å². The lowest BCUT2D eigenvalue weighted by Crippen LogP contribution is -2.38. The maximum absolute atomic E-state index is 12.1. The van der Waals surface area contributed by atoms with E-state index in [9.17, 15) is 4.79 Å². The quantitative estimate of drug-likeness (QED) is 0.825. The molecule has 2 rings (SSSR count). The lowest BCUT2D eigenvalue weighted by atomic mass is 10.2. The third-order valence-corrected chi connectivity index (χ3v) is 3.44. The van der Waals surface area contributed by atoms with Crippen molar-refractivity contribution < 1.29 is 14.3 Å². The molecule has 120 valence electrons. The summed E-state index contributed by atoms with van der Waals surface area (Å²) in [6, 6.07) is 14.4. The number of amides is 1. The predicted molar refractivity (Wildman–Crippen MR) is 92.9 cm³/mol. The zero-order valence-corrected chi connectivity index (χ0v) is 13.8. The van der Waals surface area contributed by atoms with Crippen LogP contribution in [0.25, 0.3) is 0 Å². The standard InChI is InChI=1S/C17H18N2O3S/c1-21-14-7-3-12(4-8-14)11-18-17(23)19-16(20)13-5-9-15(22-2)10-6-13/h3-10H,11H2,1-2H3,(H2,18,19,20,23). The van der Waals surface area contributed by atoms with Gasteiger partial charge in [-0.15, -0.1) is 0 Å². The van der Waals surface area contributed by atoms with E-state index in [1.54, 1.807) is 38.5 Å². The van der Waals surface area contributed by atoms with Crippen LogP contribution in [0.1, 0.15) is 15.9 Å². The zero-order valence-electron chi connectivity index (χ0n) is 13.0. The molecule has 0 spiro atoms. The van der Waals surface area contributed by atoms with Crippen LogP contribution in [0.3, 0.4) is 0 Å². The Morgan fingerprint density at radius 1 is 0.957 bits per heavy atom. The van der Waals surface area contributed by atoms with Crippen molar-refractivity contribution in [2.75, 3.05) is 14.2 Å². The van der Waals surface area contributed by atoms with E-state index in [0.717, 1.165) is 11.3 Å². The van der Waals surface area contributed by atoms with Crippen molar-refractivity contribution in [2.24, 2.45) is 0 Å². The van der Waals surface area contributed by atoms with Gasteiger partial charge >= 0.3 is 0 Å². The SMILES string of the molecule is COc1ccc(CNC(=S)NC(=O)c2ccc(OC)cc2)cc1. The Bertz CT molecular complexity index is 669. The number of ether oxygens (including phenoxy) is 2. The van der Waals surface area contributed by atoms with E-state index in [4.69, 9.17) is 21.7 Å². The molecule has 2 aromatic carbocycles. The lowest BCUT2D eigenvalue weighted by Gasteiger charge is -2.10. The zero-order chi connectivity index (χ0) is 16.7. The fraction of sp³-hybridized carbons (Fsp3) is 0.176. The normalized spacial score (nSPS) is 9.83. The molecule has 1 amide bonds. The number of nitrogens with one attached hydrogen (secondary N) is 2. The summed E-state index contributed by atoms with van der Waals surface area (Å²) in [6.07, 6.45) is 0. The summed E-state index contributed by atoms with van der Waals surface area (Å²) in [6.45, 7) is 0.520. The Morgan fingerprint density at radius 2 is 1.48 bits per heavy atom. The maximum atomic E-state index is 12.1. The molecule has 0 bridgehead atoms. The third kappa shape index (κ3) is 4.96. The smallest absolute Gasteiger partial charge is 0.257 e. The molecule has 0 radical (unpaired) electrons. The van der Waals surface area contributed by atoms with E-state index in [-0.39, 0.29) is 11.0 Å². The monoisotopic (exact) mass is 330 g/mol. The largest absolute Gasteiger partial charge is 0.497 e. The minimum atomic E-state index is -0.264. The summed E-state index contributed by atoms with van der Waals surface area (Å²) in [5, 5.41) is 5.92. The molecule has 0 aromatic heterocycles. The van der Waals surface area contributed by atoms with E-state index < -0.39 is 0 Å². The predicted octanol–water partition coefficient (Wildman–Crippen LogP) is 2.51. The molecule has 23 heavy (non-hydrogen) atoms. The number of carbonyl (C=O) groups excluding carboxylic acids is 1. The fourth-order valence-electron chi connectivity index (χ4n) is 1.89. The van der Waals surface area contributed by atoms with Crippen LogP contribution in [0.2, 0.25) is 0 Å². The highest BCUT2D eigenvalue weighted by Gasteiger charge is 2.07. The number of thiocarbonyl (C=S) groups is 1. The summed E-state index contributed by atoms with van der Waals surface area (Å²) in [7, 11) is 3.20. The van der Waals surface area contributed by atoms with Gasteiger partial charge in [-0.2, -0.15) is 0 Å².